The normalized spacial score (nSPS) is 14.2. The van der Waals surface area contributed by atoms with E-state index >= 15 is 0 Å². The van der Waals surface area contributed by atoms with Crippen LogP contribution in [0.4, 0.5) is 13.2 Å². The van der Waals surface area contributed by atoms with Crippen molar-refractivity contribution in [3.05, 3.63) is 64.3 Å². The standard InChI is InChI=1S/C20H19F3N6S/c1-10-14-9-12(5-6-16(14)27-26-10)18-28-29-19(30-18)17(25)15(24)8-11-3-2-4-13(7-11)20(21,22)23/h2-7,9,15,17H,8,24-25H2,1H3,(H,26,27). The lowest BCUT2D eigenvalue weighted by Gasteiger charge is -2.18. The Morgan fingerprint density at radius 1 is 1.10 bits per heavy atom. The lowest BCUT2D eigenvalue weighted by molar-refractivity contribution is -0.137. The summed E-state index contributed by atoms with van der Waals surface area (Å²) in [7, 11) is 0. The van der Waals surface area contributed by atoms with Crippen LogP contribution in [-0.2, 0) is 12.6 Å². The van der Waals surface area contributed by atoms with Crippen LogP contribution in [0.2, 0.25) is 0 Å². The van der Waals surface area contributed by atoms with Crippen LogP contribution in [0.3, 0.4) is 0 Å². The fourth-order valence-corrected chi connectivity index (χ4v) is 4.13. The van der Waals surface area contributed by atoms with Crippen LogP contribution < -0.4 is 11.5 Å². The summed E-state index contributed by atoms with van der Waals surface area (Å²) in [5.41, 5.74) is 14.9. The topological polar surface area (TPSA) is 106 Å². The Labute approximate surface area is 174 Å². The van der Waals surface area contributed by atoms with Gasteiger partial charge in [0.15, 0.2) is 0 Å². The average molecular weight is 432 g/mol. The molecule has 2 heterocycles. The Morgan fingerprint density at radius 2 is 1.90 bits per heavy atom. The second-order valence-electron chi connectivity index (χ2n) is 7.12. The van der Waals surface area contributed by atoms with Crippen molar-refractivity contribution in [2.45, 2.75) is 31.6 Å². The maximum atomic E-state index is 12.9. The fourth-order valence-electron chi connectivity index (χ4n) is 3.21. The zero-order valence-corrected chi connectivity index (χ0v) is 16.8. The number of fused-ring (bicyclic) bond motifs is 1. The minimum Gasteiger partial charge on any atom is -0.326 e. The van der Waals surface area contributed by atoms with Gasteiger partial charge in [0, 0.05) is 22.7 Å². The van der Waals surface area contributed by atoms with Gasteiger partial charge in [0.05, 0.1) is 17.1 Å². The third kappa shape index (κ3) is 4.07. The molecule has 0 bridgehead atoms. The molecule has 0 saturated heterocycles. The van der Waals surface area contributed by atoms with Gasteiger partial charge in [-0.25, -0.2) is 0 Å². The zero-order valence-electron chi connectivity index (χ0n) is 15.9. The van der Waals surface area contributed by atoms with Gasteiger partial charge in [0.25, 0.3) is 0 Å². The Bertz CT molecular complexity index is 1180. The van der Waals surface area contributed by atoms with Gasteiger partial charge in [-0.1, -0.05) is 29.5 Å². The monoisotopic (exact) mass is 432 g/mol. The number of aromatic amines is 1. The minimum absolute atomic E-state index is 0.195. The predicted molar refractivity (Wildman–Crippen MR) is 110 cm³/mol. The first-order chi connectivity index (χ1) is 14.2. The summed E-state index contributed by atoms with van der Waals surface area (Å²) in [6.07, 6.45) is -4.20. The summed E-state index contributed by atoms with van der Waals surface area (Å²) in [6.45, 7) is 1.94. The van der Waals surface area contributed by atoms with Crippen LogP contribution in [0.25, 0.3) is 21.5 Å². The number of nitrogens with zero attached hydrogens (tertiary/aromatic N) is 3. The molecule has 2 aromatic carbocycles. The van der Waals surface area contributed by atoms with Gasteiger partial charge in [0.2, 0.25) is 0 Å². The molecule has 0 amide bonds. The van der Waals surface area contributed by atoms with E-state index in [1.165, 1.54) is 17.4 Å². The number of rotatable bonds is 5. The Hall–Kier alpha value is -2.82. The molecule has 0 aliphatic carbocycles. The van der Waals surface area contributed by atoms with Crippen molar-refractivity contribution in [3.63, 3.8) is 0 Å². The number of hydrogen-bond acceptors (Lipinski definition) is 6. The van der Waals surface area contributed by atoms with Crippen LogP contribution in [-0.4, -0.2) is 26.4 Å². The van der Waals surface area contributed by atoms with Crippen LogP contribution >= 0.6 is 11.3 Å². The molecule has 2 aromatic heterocycles. The van der Waals surface area contributed by atoms with E-state index in [9.17, 15) is 13.2 Å². The average Bonchev–Trinajstić information content (AvgIpc) is 3.34. The van der Waals surface area contributed by atoms with Crippen LogP contribution in [0.5, 0.6) is 0 Å². The molecule has 0 radical (unpaired) electrons. The molecule has 30 heavy (non-hydrogen) atoms. The molecule has 0 spiro atoms. The SMILES string of the molecule is Cc1[nH]nc2ccc(-c3nnc(C(N)C(N)Cc4cccc(C(F)(F)F)c4)s3)cc12. The van der Waals surface area contributed by atoms with Crippen molar-refractivity contribution < 1.29 is 13.2 Å². The van der Waals surface area contributed by atoms with Gasteiger partial charge in [-0.3, -0.25) is 5.10 Å². The summed E-state index contributed by atoms with van der Waals surface area (Å²) in [4.78, 5) is 0. The lowest BCUT2D eigenvalue weighted by Crippen LogP contribution is -2.36. The van der Waals surface area contributed by atoms with Gasteiger partial charge in [0.1, 0.15) is 10.0 Å². The van der Waals surface area contributed by atoms with Crippen molar-refractivity contribution in [1.29, 1.82) is 0 Å². The van der Waals surface area contributed by atoms with E-state index in [1.54, 1.807) is 6.07 Å². The number of aromatic nitrogens is 4. The summed E-state index contributed by atoms with van der Waals surface area (Å²) in [5, 5.41) is 17.7. The highest BCUT2D eigenvalue weighted by Crippen LogP contribution is 2.32. The van der Waals surface area contributed by atoms with E-state index in [0.29, 0.717) is 15.6 Å². The van der Waals surface area contributed by atoms with Gasteiger partial charge in [-0.05, 0) is 43.2 Å². The molecule has 0 aliphatic heterocycles. The van der Waals surface area contributed by atoms with Crippen molar-refractivity contribution in [2.24, 2.45) is 11.5 Å². The van der Waals surface area contributed by atoms with Gasteiger partial charge < -0.3 is 11.5 Å². The number of alkyl halides is 3. The summed E-state index contributed by atoms with van der Waals surface area (Å²) in [6, 6.07) is 9.63. The fraction of sp³-hybridized carbons (Fsp3) is 0.250. The molecule has 4 aromatic rings. The second-order valence-corrected chi connectivity index (χ2v) is 8.13. The molecule has 2 atom stereocenters. The van der Waals surface area contributed by atoms with Crippen LogP contribution in [0, 0.1) is 6.92 Å². The molecule has 2 unspecified atom stereocenters. The zero-order chi connectivity index (χ0) is 21.5. The molecule has 0 fully saturated rings. The maximum Gasteiger partial charge on any atom is 0.416 e. The molecular weight excluding hydrogens is 413 g/mol. The molecular formula is C20H19F3N6S. The Morgan fingerprint density at radius 3 is 2.67 bits per heavy atom. The highest BCUT2D eigenvalue weighted by Gasteiger charge is 2.30. The molecule has 10 heteroatoms. The quantitative estimate of drug-likeness (QED) is 0.442. The summed E-state index contributed by atoms with van der Waals surface area (Å²) < 4.78 is 38.7. The van der Waals surface area contributed by atoms with E-state index in [4.69, 9.17) is 11.5 Å². The summed E-state index contributed by atoms with van der Waals surface area (Å²) >= 11 is 1.32. The number of H-pyrrole nitrogens is 1. The third-order valence-electron chi connectivity index (χ3n) is 4.90. The van der Waals surface area contributed by atoms with Crippen LogP contribution in [0.1, 0.15) is 27.9 Å². The Balaban J connectivity index is 1.52. The molecule has 0 saturated carbocycles. The predicted octanol–water partition coefficient (Wildman–Crippen LogP) is 3.98. The number of aryl methyl sites for hydroxylation is 1. The van der Waals surface area contributed by atoms with E-state index < -0.39 is 23.8 Å². The lowest BCUT2D eigenvalue weighted by atomic mass is 9.99. The van der Waals surface area contributed by atoms with Gasteiger partial charge in [-0.15, -0.1) is 10.2 Å². The molecule has 156 valence electrons. The smallest absolute Gasteiger partial charge is 0.326 e. The highest BCUT2D eigenvalue weighted by atomic mass is 32.1. The van der Waals surface area contributed by atoms with Crippen molar-refractivity contribution in [3.8, 4) is 10.6 Å². The minimum atomic E-state index is -4.40. The van der Waals surface area contributed by atoms with E-state index in [2.05, 4.69) is 20.4 Å². The number of halogens is 3. The number of nitrogens with two attached hydrogens (primary N) is 2. The highest BCUT2D eigenvalue weighted by molar-refractivity contribution is 7.14. The first kappa shape index (κ1) is 20.5. The maximum absolute atomic E-state index is 12.9. The van der Waals surface area contributed by atoms with Gasteiger partial charge in [-0.2, -0.15) is 18.3 Å². The first-order valence-electron chi connectivity index (χ1n) is 9.18. The van der Waals surface area contributed by atoms with E-state index in [0.717, 1.165) is 34.3 Å². The third-order valence-corrected chi connectivity index (χ3v) is 5.98. The molecule has 4 rings (SSSR count). The Kier molecular flexibility index (Phi) is 5.31. The molecule has 0 aliphatic rings. The van der Waals surface area contributed by atoms with E-state index in [-0.39, 0.29) is 6.42 Å². The van der Waals surface area contributed by atoms with Crippen molar-refractivity contribution >= 4 is 22.2 Å². The first-order valence-corrected chi connectivity index (χ1v) is 10.00. The summed E-state index contributed by atoms with van der Waals surface area (Å²) in [5.74, 6) is 0. The van der Waals surface area contributed by atoms with E-state index in [1.807, 2.05) is 25.1 Å². The number of benzene rings is 2. The molecule has 5 N–H and O–H groups in total. The van der Waals surface area contributed by atoms with Crippen molar-refractivity contribution in [2.75, 3.05) is 0 Å². The van der Waals surface area contributed by atoms with Crippen LogP contribution in [0.15, 0.2) is 42.5 Å². The van der Waals surface area contributed by atoms with Gasteiger partial charge >= 0.3 is 6.18 Å². The molecule has 6 nitrogen and oxygen atoms in total. The number of hydrogen-bond donors (Lipinski definition) is 3. The number of nitrogens with one attached hydrogen (secondary N) is 1. The second kappa shape index (κ2) is 7.78. The largest absolute Gasteiger partial charge is 0.416 e. The van der Waals surface area contributed by atoms with Crippen molar-refractivity contribution in [1.82, 2.24) is 20.4 Å².